The zero-order valence-corrected chi connectivity index (χ0v) is 9.99. The molecule has 0 spiro atoms. The highest BCUT2D eigenvalue weighted by Crippen LogP contribution is 2.39. The Bertz CT molecular complexity index is 348. The van der Waals surface area contributed by atoms with Gasteiger partial charge in [0, 0.05) is 19.9 Å². The normalized spacial score (nSPS) is 18.6. The van der Waals surface area contributed by atoms with Crippen molar-refractivity contribution in [2.75, 3.05) is 19.0 Å². The average molecular weight is 221 g/mol. The molecule has 2 rings (SSSR count). The Hall–Kier alpha value is -1.16. The first-order chi connectivity index (χ1) is 7.80. The van der Waals surface area contributed by atoms with Gasteiger partial charge in [0.15, 0.2) is 5.82 Å². The van der Waals surface area contributed by atoms with Crippen molar-refractivity contribution in [1.29, 1.82) is 0 Å². The van der Waals surface area contributed by atoms with Gasteiger partial charge in [-0.3, -0.25) is 0 Å². The van der Waals surface area contributed by atoms with Gasteiger partial charge in [0.1, 0.15) is 11.4 Å². The predicted octanol–water partition coefficient (Wildman–Crippen LogP) is 2.32. The fourth-order valence-corrected chi connectivity index (χ4v) is 2.32. The van der Waals surface area contributed by atoms with Crippen LogP contribution in [-0.4, -0.2) is 23.6 Å². The summed E-state index contributed by atoms with van der Waals surface area (Å²) in [6, 6.07) is 1.89. The molecular formula is C12H19N3O. The van der Waals surface area contributed by atoms with Crippen LogP contribution in [0, 0.1) is 0 Å². The SMILES string of the molecule is CCNc1ccnc(C2(OC)CCCC2)n1. The Morgan fingerprint density at radius 1 is 1.44 bits per heavy atom. The number of aromatic nitrogens is 2. The van der Waals surface area contributed by atoms with Crippen LogP contribution in [0.15, 0.2) is 12.3 Å². The van der Waals surface area contributed by atoms with Crippen molar-refractivity contribution in [1.82, 2.24) is 9.97 Å². The molecule has 1 N–H and O–H groups in total. The average Bonchev–Trinajstić information content (AvgIpc) is 2.80. The fourth-order valence-electron chi connectivity index (χ4n) is 2.32. The first-order valence-corrected chi connectivity index (χ1v) is 5.93. The van der Waals surface area contributed by atoms with Gasteiger partial charge in [-0.05, 0) is 38.7 Å². The van der Waals surface area contributed by atoms with E-state index >= 15 is 0 Å². The zero-order chi connectivity index (χ0) is 11.4. The second-order valence-corrected chi connectivity index (χ2v) is 4.20. The van der Waals surface area contributed by atoms with E-state index in [1.54, 1.807) is 13.3 Å². The van der Waals surface area contributed by atoms with Gasteiger partial charge in [-0.1, -0.05) is 0 Å². The molecule has 1 aliphatic carbocycles. The van der Waals surface area contributed by atoms with Crippen molar-refractivity contribution in [3.05, 3.63) is 18.1 Å². The fraction of sp³-hybridized carbons (Fsp3) is 0.667. The molecular weight excluding hydrogens is 202 g/mol. The second kappa shape index (κ2) is 4.78. The summed E-state index contributed by atoms with van der Waals surface area (Å²) in [5.41, 5.74) is -0.245. The molecule has 0 aliphatic heterocycles. The molecule has 88 valence electrons. The standard InChI is InChI=1S/C12H19N3O/c1-3-13-10-6-9-14-11(15-10)12(16-2)7-4-5-8-12/h6,9H,3-5,7-8H2,1-2H3,(H,13,14,15). The van der Waals surface area contributed by atoms with E-state index in [4.69, 9.17) is 4.74 Å². The van der Waals surface area contributed by atoms with Gasteiger partial charge in [0.2, 0.25) is 0 Å². The lowest BCUT2D eigenvalue weighted by molar-refractivity contribution is -0.0162. The zero-order valence-electron chi connectivity index (χ0n) is 9.99. The number of methoxy groups -OCH3 is 1. The van der Waals surface area contributed by atoms with Gasteiger partial charge in [-0.25, -0.2) is 9.97 Å². The van der Waals surface area contributed by atoms with Gasteiger partial charge in [-0.15, -0.1) is 0 Å². The van der Waals surface area contributed by atoms with Gasteiger partial charge in [0.25, 0.3) is 0 Å². The van der Waals surface area contributed by atoms with Crippen LogP contribution in [0.5, 0.6) is 0 Å². The summed E-state index contributed by atoms with van der Waals surface area (Å²) in [5.74, 6) is 1.71. The van der Waals surface area contributed by atoms with E-state index < -0.39 is 0 Å². The number of hydrogen-bond donors (Lipinski definition) is 1. The third-order valence-corrected chi connectivity index (χ3v) is 3.22. The van der Waals surface area contributed by atoms with Crippen LogP contribution in [0.1, 0.15) is 38.4 Å². The molecule has 0 aromatic carbocycles. The van der Waals surface area contributed by atoms with Crippen LogP contribution in [0.25, 0.3) is 0 Å². The van der Waals surface area contributed by atoms with Crippen LogP contribution >= 0.6 is 0 Å². The number of ether oxygens (including phenoxy) is 1. The lowest BCUT2D eigenvalue weighted by atomic mass is 10.0. The van der Waals surface area contributed by atoms with Gasteiger partial charge in [-0.2, -0.15) is 0 Å². The maximum atomic E-state index is 5.67. The van der Waals surface area contributed by atoms with E-state index in [1.165, 1.54) is 12.8 Å². The third-order valence-electron chi connectivity index (χ3n) is 3.22. The van der Waals surface area contributed by atoms with E-state index in [1.807, 2.05) is 6.07 Å². The van der Waals surface area contributed by atoms with Crippen molar-refractivity contribution in [2.45, 2.75) is 38.2 Å². The Kier molecular flexibility index (Phi) is 3.39. The minimum atomic E-state index is -0.245. The summed E-state index contributed by atoms with van der Waals surface area (Å²) in [7, 11) is 1.76. The first kappa shape index (κ1) is 11.3. The molecule has 1 aromatic rings. The topological polar surface area (TPSA) is 47.0 Å². The van der Waals surface area contributed by atoms with Crippen molar-refractivity contribution in [3.63, 3.8) is 0 Å². The summed E-state index contributed by atoms with van der Waals surface area (Å²) in [4.78, 5) is 8.91. The molecule has 0 atom stereocenters. The molecule has 1 aromatic heterocycles. The van der Waals surface area contributed by atoms with E-state index in [-0.39, 0.29) is 5.60 Å². The Labute approximate surface area is 96.4 Å². The number of anilines is 1. The number of nitrogens with zero attached hydrogens (tertiary/aromatic N) is 2. The quantitative estimate of drug-likeness (QED) is 0.847. The molecule has 0 saturated heterocycles. The predicted molar refractivity (Wildman–Crippen MR) is 63.4 cm³/mol. The highest BCUT2D eigenvalue weighted by Gasteiger charge is 2.38. The molecule has 4 heteroatoms. The van der Waals surface area contributed by atoms with Crippen LogP contribution in [-0.2, 0) is 10.3 Å². The highest BCUT2D eigenvalue weighted by molar-refractivity contribution is 5.33. The first-order valence-electron chi connectivity index (χ1n) is 5.93. The monoisotopic (exact) mass is 221 g/mol. The van der Waals surface area contributed by atoms with Crippen LogP contribution < -0.4 is 5.32 Å². The Morgan fingerprint density at radius 2 is 2.19 bits per heavy atom. The molecule has 1 saturated carbocycles. The van der Waals surface area contributed by atoms with Crippen molar-refractivity contribution in [3.8, 4) is 0 Å². The molecule has 1 fully saturated rings. The maximum Gasteiger partial charge on any atom is 0.162 e. The van der Waals surface area contributed by atoms with Crippen LogP contribution in [0.3, 0.4) is 0 Å². The lowest BCUT2D eigenvalue weighted by Crippen LogP contribution is -2.27. The lowest BCUT2D eigenvalue weighted by Gasteiger charge is -2.25. The summed E-state index contributed by atoms with van der Waals surface area (Å²) < 4.78 is 5.67. The van der Waals surface area contributed by atoms with Crippen LogP contribution in [0.4, 0.5) is 5.82 Å². The van der Waals surface area contributed by atoms with E-state index in [0.717, 1.165) is 31.0 Å². The molecule has 0 unspecified atom stereocenters. The van der Waals surface area contributed by atoms with Gasteiger partial charge < -0.3 is 10.1 Å². The Morgan fingerprint density at radius 3 is 2.81 bits per heavy atom. The Balaban J connectivity index is 2.27. The summed E-state index contributed by atoms with van der Waals surface area (Å²) >= 11 is 0. The number of hydrogen-bond acceptors (Lipinski definition) is 4. The van der Waals surface area contributed by atoms with E-state index in [2.05, 4.69) is 22.2 Å². The number of nitrogens with one attached hydrogen (secondary N) is 1. The van der Waals surface area contributed by atoms with Crippen molar-refractivity contribution >= 4 is 5.82 Å². The van der Waals surface area contributed by atoms with Crippen molar-refractivity contribution < 1.29 is 4.74 Å². The third kappa shape index (κ3) is 2.02. The molecule has 4 nitrogen and oxygen atoms in total. The van der Waals surface area contributed by atoms with Crippen LogP contribution in [0.2, 0.25) is 0 Å². The number of rotatable bonds is 4. The smallest absolute Gasteiger partial charge is 0.162 e. The molecule has 0 bridgehead atoms. The van der Waals surface area contributed by atoms with Crippen molar-refractivity contribution in [2.24, 2.45) is 0 Å². The largest absolute Gasteiger partial charge is 0.370 e. The minimum absolute atomic E-state index is 0.245. The molecule has 1 aliphatic rings. The molecule has 16 heavy (non-hydrogen) atoms. The van der Waals surface area contributed by atoms with Gasteiger partial charge >= 0.3 is 0 Å². The highest BCUT2D eigenvalue weighted by atomic mass is 16.5. The molecule has 1 heterocycles. The molecule has 0 radical (unpaired) electrons. The van der Waals surface area contributed by atoms with E-state index in [0.29, 0.717) is 0 Å². The minimum Gasteiger partial charge on any atom is -0.370 e. The van der Waals surface area contributed by atoms with E-state index in [9.17, 15) is 0 Å². The summed E-state index contributed by atoms with van der Waals surface area (Å²) in [6.45, 7) is 2.93. The summed E-state index contributed by atoms with van der Waals surface area (Å²) in [5, 5.41) is 3.21. The van der Waals surface area contributed by atoms with Gasteiger partial charge in [0.05, 0.1) is 0 Å². The molecule has 0 amide bonds. The second-order valence-electron chi connectivity index (χ2n) is 4.20. The summed E-state index contributed by atoms with van der Waals surface area (Å²) in [6.07, 6.45) is 6.25. The maximum absolute atomic E-state index is 5.67.